The van der Waals surface area contributed by atoms with Crippen molar-refractivity contribution in [2.24, 2.45) is 11.8 Å². The minimum atomic E-state index is -4.16. The molecule has 0 aliphatic carbocycles. The molecule has 11 heteroatoms. The molecule has 164 valence electrons. The molecule has 10 nitrogen and oxygen atoms in total. The monoisotopic (exact) mass is 439 g/mol. The number of rotatable bonds is 8. The lowest BCUT2D eigenvalue weighted by Gasteiger charge is -2.26. The Morgan fingerprint density at radius 1 is 1.00 bits per heavy atom. The smallest absolute Gasteiger partial charge is 0.326 e. The molecule has 0 radical (unpaired) electrons. The van der Waals surface area contributed by atoms with Crippen molar-refractivity contribution in [1.29, 1.82) is 0 Å². The van der Waals surface area contributed by atoms with Gasteiger partial charge in [-0.1, -0.05) is 39.8 Å². The predicted octanol–water partition coefficient (Wildman–Crippen LogP) is 0.197. The Labute approximate surface area is 174 Å². The third-order valence-electron chi connectivity index (χ3n) is 4.70. The highest BCUT2D eigenvalue weighted by atomic mass is 32.2. The molecule has 1 aliphatic rings. The Hall–Kier alpha value is -2.95. The van der Waals surface area contributed by atoms with Crippen molar-refractivity contribution in [2.75, 3.05) is 6.54 Å². The first-order valence-electron chi connectivity index (χ1n) is 9.36. The molecule has 0 aromatic heterocycles. The zero-order chi connectivity index (χ0) is 22.8. The average Bonchev–Trinajstić information content (AvgIpc) is 2.84. The number of carboxylic acid groups (broad SMARTS) is 1. The van der Waals surface area contributed by atoms with Gasteiger partial charge >= 0.3 is 5.97 Å². The second-order valence-electron chi connectivity index (χ2n) is 7.67. The summed E-state index contributed by atoms with van der Waals surface area (Å²) in [5.41, 5.74) is -0.0234. The van der Waals surface area contributed by atoms with Crippen LogP contribution in [-0.4, -0.2) is 60.1 Å². The zero-order valence-corrected chi connectivity index (χ0v) is 17.9. The fraction of sp³-hybridized carbons (Fsp3) is 0.474. The second-order valence-corrected chi connectivity index (χ2v) is 9.50. The van der Waals surface area contributed by atoms with Gasteiger partial charge in [0.25, 0.3) is 15.9 Å². The highest BCUT2D eigenvalue weighted by Crippen LogP contribution is 2.29. The molecule has 2 unspecified atom stereocenters. The Bertz CT molecular complexity index is 972. The lowest BCUT2D eigenvalue weighted by molar-refractivity contribution is -0.143. The number of benzene rings is 1. The molecular formula is C19H25N3O7S. The van der Waals surface area contributed by atoms with Crippen LogP contribution >= 0.6 is 0 Å². The summed E-state index contributed by atoms with van der Waals surface area (Å²) in [6.45, 7) is 5.75. The summed E-state index contributed by atoms with van der Waals surface area (Å²) in [6, 6.07) is 3.37. The molecular weight excluding hydrogens is 414 g/mol. The number of amides is 3. The fourth-order valence-electron chi connectivity index (χ4n) is 3.03. The topological polar surface area (TPSA) is 150 Å². The number of aliphatic carboxylic acids is 1. The van der Waals surface area contributed by atoms with Crippen molar-refractivity contribution in [3.05, 3.63) is 29.8 Å². The van der Waals surface area contributed by atoms with Crippen LogP contribution in [0.4, 0.5) is 0 Å². The molecule has 1 aromatic carbocycles. The van der Waals surface area contributed by atoms with E-state index in [0.29, 0.717) is 4.31 Å². The van der Waals surface area contributed by atoms with Crippen LogP contribution in [0, 0.1) is 11.8 Å². The number of carboxylic acids is 1. The van der Waals surface area contributed by atoms with Crippen molar-refractivity contribution in [2.45, 2.75) is 44.7 Å². The van der Waals surface area contributed by atoms with Gasteiger partial charge in [-0.2, -0.15) is 0 Å². The summed E-state index contributed by atoms with van der Waals surface area (Å²) in [7, 11) is -4.16. The van der Waals surface area contributed by atoms with Crippen LogP contribution in [0.15, 0.2) is 29.2 Å². The van der Waals surface area contributed by atoms with Gasteiger partial charge in [-0.15, -0.1) is 0 Å². The number of carbonyl (C=O) groups is 4. The minimum Gasteiger partial charge on any atom is -0.480 e. The Morgan fingerprint density at radius 2 is 1.57 bits per heavy atom. The molecule has 0 bridgehead atoms. The summed E-state index contributed by atoms with van der Waals surface area (Å²) in [5.74, 6) is -4.40. The number of carbonyl (C=O) groups excluding carboxylic acids is 3. The van der Waals surface area contributed by atoms with E-state index >= 15 is 0 Å². The molecule has 0 spiro atoms. The van der Waals surface area contributed by atoms with Crippen LogP contribution in [0.25, 0.3) is 0 Å². The van der Waals surface area contributed by atoms with Gasteiger partial charge in [-0.25, -0.2) is 17.5 Å². The van der Waals surface area contributed by atoms with Crippen molar-refractivity contribution in [1.82, 2.24) is 14.9 Å². The van der Waals surface area contributed by atoms with Crippen molar-refractivity contribution in [3.8, 4) is 0 Å². The zero-order valence-electron chi connectivity index (χ0n) is 17.1. The van der Waals surface area contributed by atoms with Gasteiger partial charge in [0.1, 0.15) is 23.5 Å². The Balaban J connectivity index is 2.14. The van der Waals surface area contributed by atoms with Crippen LogP contribution in [0.1, 0.15) is 38.1 Å². The normalized spacial score (nSPS) is 16.9. The first-order valence-corrected chi connectivity index (χ1v) is 10.8. The molecule has 3 N–H and O–H groups in total. The number of hydrogen-bond acceptors (Lipinski definition) is 6. The number of hydrogen-bond donors (Lipinski definition) is 3. The van der Waals surface area contributed by atoms with Gasteiger partial charge in [0.05, 0.1) is 5.56 Å². The van der Waals surface area contributed by atoms with Gasteiger partial charge in [0.2, 0.25) is 11.8 Å². The maximum atomic E-state index is 12.6. The van der Waals surface area contributed by atoms with Gasteiger partial charge in [-0.05, 0) is 24.0 Å². The van der Waals surface area contributed by atoms with Crippen LogP contribution in [0.5, 0.6) is 0 Å². The van der Waals surface area contributed by atoms with E-state index in [0.717, 1.165) is 0 Å². The third-order valence-corrected chi connectivity index (χ3v) is 6.48. The van der Waals surface area contributed by atoms with Gasteiger partial charge < -0.3 is 15.7 Å². The lowest BCUT2D eigenvalue weighted by Crippen LogP contribution is -2.56. The molecule has 2 rings (SSSR count). The van der Waals surface area contributed by atoms with E-state index in [1.54, 1.807) is 27.7 Å². The maximum absolute atomic E-state index is 12.6. The van der Waals surface area contributed by atoms with E-state index < -0.39 is 58.3 Å². The molecule has 1 aromatic rings. The van der Waals surface area contributed by atoms with Gasteiger partial charge in [0.15, 0.2) is 0 Å². The van der Waals surface area contributed by atoms with Crippen LogP contribution < -0.4 is 10.6 Å². The number of sulfonamides is 1. The molecule has 1 aliphatic heterocycles. The number of fused-ring (bicyclic) bond motifs is 1. The lowest BCUT2D eigenvalue weighted by atomic mass is 10.0. The molecule has 1 heterocycles. The van der Waals surface area contributed by atoms with E-state index in [4.69, 9.17) is 0 Å². The van der Waals surface area contributed by atoms with Crippen molar-refractivity contribution >= 4 is 33.7 Å². The van der Waals surface area contributed by atoms with Crippen LogP contribution in [-0.2, 0) is 24.4 Å². The first-order chi connectivity index (χ1) is 13.9. The number of nitrogens with one attached hydrogen (secondary N) is 2. The highest BCUT2D eigenvalue weighted by Gasteiger charge is 2.42. The minimum absolute atomic E-state index is 0.0234. The first kappa shape index (κ1) is 23.3. The fourth-order valence-corrected chi connectivity index (χ4v) is 4.55. The summed E-state index contributed by atoms with van der Waals surface area (Å²) < 4.78 is 25.6. The average molecular weight is 439 g/mol. The largest absolute Gasteiger partial charge is 0.480 e. The Kier molecular flexibility index (Phi) is 6.86. The summed E-state index contributed by atoms with van der Waals surface area (Å²) in [6.07, 6.45) is 0. The summed E-state index contributed by atoms with van der Waals surface area (Å²) >= 11 is 0. The quantitative estimate of drug-likeness (QED) is 0.523. The Morgan fingerprint density at radius 3 is 2.07 bits per heavy atom. The maximum Gasteiger partial charge on any atom is 0.326 e. The summed E-state index contributed by atoms with van der Waals surface area (Å²) in [4.78, 5) is 48.6. The van der Waals surface area contributed by atoms with Crippen LogP contribution in [0.2, 0.25) is 0 Å². The predicted molar refractivity (Wildman–Crippen MR) is 106 cm³/mol. The van der Waals surface area contributed by atoms with E-state index in [-0.39, 0.29) is 16.4 Å². The van der Waals surface area contributed by atoms with Gasteiger partial charge in [0, 0.05) is 0 Å². The van der Waals surface area contributed by atoms with Crippen molar-refractivity contribution < 1.29 is 32.7 Å². The molecule has 0 saturated carbocycles. The van der Waals surface area contributed by atoms with Gasteiger partial charge in [-0.3, -0.25) is 14.4 Å². The second kappa shape index (κ2) is 8.82. The van der Waals surface area contributed by atoms with Crippen LogP contribution in [0.3, 0.4) is 0 Å². The third kappa shape index (κ3) is 4.61. The molecule has 30 heavy (non-hydrogen) atoms. The summed E-state index contributed by atoms with van der Waals surface area (Å²) in [5, 5.41) is 14.0. The standard InChI is InChI=1S/C19H25N3O7S/c1-10(2)15(17(24)21-16(11(3)4)19(26)27)20-14(23)9-22-18(25)12-7-5-6-8-13(12)30(22,28)29/h5-8,10-11,15-16H,9H2,1-4H3,(H,20,23)(H,21,24)(H,26,27). The molecule has 0 fully saturated rings. The molecule has 3 amide bonds. The molecule has 0 saturated heterocycles. The SMILES string of the molecule is CC(C)C(NC(=O)C(NC(=O)CN1C(=O)c2ccccc2S1(=O)=O)C(C)C)C(=O)O. The molecule has 2 atom stereocenters. The van der Waals surface area contributed by atoms with E-state index in [1.807, 2.05) is 0 Å². The number of nitrogens with zero attached hydrogens (tertiary/aromatic N) is 1. The van der Waals surface area contributed by atoms with E-state index in [2.05, 4.69) is 10.6 Å². The van der Waals surface area contributed by atoms with E-state index in [1.165, 1.54) is 24.3 Å². The highest BCUT2D eigenvalue weighted by molar-refractivity contribution is 7.90. The van der Waals surface area contributed by atoms with E-state index in [9.17, 15) is 32.7 Å². The van der Waals surface area contributed by atoms with Crippen molar-refractivity contribution in [3.63, 3.8) is 0 Å².